The number of ether oxygens (including phenoxy) is 1. The molecule has 168 valence electrons. The molecule has 1 aliphatic heterocycles. The van der Waals surface area contributed by atoms with Crippen molar-refractivity contribution in [2.24, 2.45) is 0 Å². The first-order chi connectivity index (χ1) is 14.6. The number of benzene rings is 2. The number of thioether (sulfide) groups is 1. The van der Waals surface area contributed by atoms with Gasteiger partial charge in [-0.25, -0.2) is 8.42 Å². The van der Waals surface area contributed by atoms with Crippen molar-refractivity contribution in [1.29, 1.82) is 0 Å². The monoisotopic (exact) mass is 474 g/mol. The van der Waals surface area contributed by atoms with Gasteiger partial charge < -0.3 is 10.1 Å². The summed E-state index contributed by atoms with van der Waals surface area (Å²) in [6.45, 7) is 0.830. The molecule has 2 aromatic carbocycles. The summed E-state index contributed by atoms with van der Waals surface area (Å²) in [4.78, 5) is 12.5. The van der Waals surface area contributed by atoms with Crippen molar-refractivity contribution in [3.63, 3.8) is 0 Å². The second kappa shape index (κ2) is 9.49. The van der Waals surface area contributed by atoms with Crippen molar-refractivity contribution in [2.75, 3.05) is 25.5 Å². The van der Waals surface area contributed by atoms with E-state index < -0.39 is 33.2 Å². The first-order valence-corrected chi connectivity index (χ1v) is 11.7. The number of hydrogen-bond acceptors (Lipinski definition) is 5. The number of piperidine rings is 1. The Kier molecular flexibility index (Phi) is 7.17. The third-order valence-electron chi connectivity index (χ3n) is 4.73. The zero-order valence-electron chi connectivity index (χ0n) is 16.6. The molecular formula is C20H21F3N2O4S2. The van der Waals surface area contributed by atoms with E-state index in [1.807, 2.05) is 0 Å². The summed E-state index contributed by atoms with van der Waals surface area (Å²) in [5.74, 6) is -0.620. The lowest BCUT2D eigenvalue weighted by molar-refractivity contribution is -0.0328. The molecule has 1 amide bonds. The van der Waals surface area contributed by atoms with E-state index in [-0.39, 0.29) is 26.8 Å². The molecule has 0 radical (unpaired) electrons. The molecule has 6 nitrogen and oxygen atoms in total. The number of anilines is 1. The molecule has 1 fully saturated rings. The van der Waals surface area contributed by atoms with Crippen LogP contribution >= 0.6 is 11.8 Å². The molecule has 11 heteroatoms. The van der Waals surface area contributed by atoms with Gasteiger partial charge in [-0.05, 0) is 54.9 Å². The van der Waals surface area contributed by atoms with Crippen molar-refractivity contribution in [3.05, 3.63) is 48.0 Å². The molecule has 1 heterocycles. The van der Waals surface area contributed by atoms with E-state index in [2.05, 4.69) is 5.32 Å². The van der Waals surface area contributed by atoms with Gasteiger partial charge in [-0.1, -0.05) is 18.6 Å². The zero-order valence-corrected chi connectivity index (χ0v) is 18.2. The summed E-state index contributed by atoms with van der Waals surface area (Å²) >= 11 is -0.392. The highest BCUT2D eigenvalue weighted by molar-refractivity contribution is 8.00. The van der Waals surface area contributed by atoms with Gasteiger partial charge in [-0.2, -0.15) is 17.5 Å². The lowest BCUT2D eigenvalue weighted by Crippen LogP contribution is -2.35. The summed E-state index contributed by atoms with van der Waals surface area (Å²) in [6.07, 6.45) is 2.50. The summed E-state index contributed by atoms with van der Waals surface area (Å²) in [5, 5.41) is 2.49. The fraction of sp³-hybridized carbons (Fsp3) is 0.350. The number of carbonyl (C=O) groups is 1. The maximum absolute atomic E-state index is 12.9. The largest absolute Gasteiger partial charge is 0.495 e. The van der Waals surface area contributed by atoms with Crippen LogP contribution in [0.4, 0.5) is 18.9 Å². The van der Waals surface area contributed by atoms with Crippen molar-refractivity contribution >= 4 is 33.4 Å². The maximum Gasteiger partial charge on any atom is 0.446 e. The third kappa shape index (κ3) is 5.72. The van der Waals surface area contributed by atoms with Gasteiger partial charge in [0.2, 0.25) is 10.0 Å². The Morgan fingerprint density at radius 3 is 2.42 bits per heavy atom. The Balaban J connectivity index is 1.91. The number of amides is 1. The second-order valence-electron chi connectivity index (χ2n) is 6.82. The number of halogens is 3. The van der Waals surface area contributed by atoms with Crippen LogP contribution in [0.1, 0.15) is 29.6 Å². The van der Waals surface area contributed by atoms with Gasteiger partial charge >= 0.3 is 5.51 Å². The number of alkyl halides is 3. The number of sulfonamides is 1. The van der Waals surface area contributed by atoms with E-state index >= 15 is 0 Å². The average molecular weight is 475 g/mol. The van der Waals surface area contributed by atoms with Gasteiger partial charge in [0.1, 0.15) is 5.75 Å². The van der Waals surface area contributed by atoms with Crippen molar-refractivity contribution < 1.29 is 31.1 Å². The molecule has 0 atom stereocenters. The van der Waals surface area contributed by atoms with Crippen LogP contribution in [-0.2, 0) is 10.0 Å². The number of nitrogens with zero attached hydrogens (tertiary/aromatic N) is 1. The summed E-state index contributed by atoms with van der Waals surface area (Å²) in [5.41, 5.74) is -4.69. The van der Waals surface area contributed by atoms with Gasteiger partial charge in [0.15, 0.2) is 0 Å². The van der Waals surface area contributed by atoms with Crippen LogP contribution in [-0.4, -0.2) is 44.3 Å². The van der Waals surface area contributed by atoms with Crippen LogP contribution in [0.15, 0.2) is 52.3 Å². The van der Waals surface area contributed by atoms with Crippen LogP contribution in [0.25, 0.3) is 0 Å². The predicted molar refractivity (Wildman–Crippen MR) is 112 cm³/mol. The minimum atomic E-state index is -4.56. The van der Waals surface area contributed by atoms with E-state index in [0.717, 1.165) is 19.3 Å². The maximum atomic E-state index is 12.9. The highest BCUT2D eigenvalue weighted by Gasteiger charge is 2.31. The molecule has 1 saturated heterocycles. The highest BCUT2D eigenvalue weighted by atomic mass is 32.2. The molecular weight excluding hydrogens is 453 g/mol. The van der Waals surface area contributed by atoms with Crippen LogP contribution < -0.4 is 10.1 Å². The standard InChI is InChI=1S/C20H21F3N2O4S2/c1-29-17-10-9-14(31(27,28)25-11-5-2-6-12-25)13-16(17)24-19(26)15-7-3-4-8-18(15)30-20(21,22)23/h3-4,7-10,13H,2,5-6,11-12H2,1H3,(H,24,26). The zero-order chi connectivity index (χ0) is 22.6. The Labute approximate surface area is 182 Å². The topological polar surface area (TPSA) is 75.7 Å². The fourth-order valence-corrected chi connectivity index (χ4v) is 5.47. The van der Waals surface area contributed by atoms with E-state index in [4.69, 9.17) is 4.74 Å². The number of carbonyl (C=O) groups excluding carboxylic acids is 1. The van der Waals surface area contributed by atoms with E-state index in [1.165, 1.54) is 53.9 Å². The Bertz CT molecular complexity index is 1050. The summed E-state index contributed by atoms with van der Waals surface area (Å²) in [7, 11) is -2.42. The summed E-state index contributed by atoms with van der Waals surface area (Å²) in [6, 6.07) is 9.36. The Morgan fingerprint density at radius 2 is 1.77 bits per heavy atom. The molecule has 0 aromatic heterocycles. The van der Waals surface area contributed by atoms with Crippen LogP contribution in [0.2, 0.25) is 0 Å². The first-order valence-electron chi connectivity index (χ1n) is 9.46. The molecule has 0 unspecified atom stereocenters. The molecule has 3 rings (SSSR count). The second-order valence-corrected chi connectivity index (χ2v) is 9.87. The van der Waals surface area contributed by atoms with Gasteiger partial charge in [0, 0.05) is 18.0 Å². The van der Waals surface area contributed by atoms with E-state index in [1.54, 1.807) is 0 Å². The van der Waals surface area contributed by atoms with E-state index in [0.29, 0.717) is 13.1 Å². The normalized spacial score (nSPS) is 15.5. The number of rotatable bonds is 6. The molecule has 0 bridgehead atoms. The molecule has 0 spiro atoms. The van der Waals surface area contributed by atoms with Crippen LogP contribution in [0.3, 0.4) is 0 Å². The lowest BCUT2D eigenvalue weighted by Gasteiger charge is -2.26. The van der Waals surface area contributed by atoms with Crippen molar-refractivity contribution in [2.45, 2.75) is 34.6 Å². The average Bonchev–Trinajstić information content (AvgIpc) is 2.73. The molecule has 2 aromatic rings. The molecule has 31 heavy (non-hydrogen) atoms. The van der Waals surface area contributed by atoms with Gasteiger partial charge in [-0.15, -0.1) is 0 Å². The molecule has 0 aliphatic carbocycles. The first kappa shape index (κ1) is 23.4. The smallest absolute Gasteiger partial charge is 0.446 e. The predicted octanol–water partition coefficient (Wildman–Crippen LogP) is 4.73. The highest BCUT2D eigenvalue weighted by Crippen LogP contribution is 2.39. The Morgan fingerprint density at radius 1 is 1.10 bits per heavy atom. The minimum Gasteiger partial charge on any atom is -0.495 e. The van der Waals surface area contributed by atoms with E-state index in [9.17, 15) is 26.4 Å². The minimum absolute atomic E-state index is 0.0246. The SMILES string of the molecule is COc1ccc(S(=O)(=O)N2CCCCC2)cc1NC(=O)c1ccccc1SC(F)(F)F. The number of methoxy groups -OCH3 is 1. The van der Waals surface area contributed by atoms with Crippen LogP contribution in [0, 0.1) is 0 Å². The van der Waals surface area contributed by atoms with Gasteiger partial charge in [-0.3, -0.25) is 4.79 Å². The summed E-state index contributed by atoms with van der Waals surface area (Å²) < 4.78 is 71.0. The Hall–Kier alpha value is -2.24. The third-order valence-corrected chi connectivity index (χ3v) is 7.43. The van der Waals surface area contributed by atoms with Crippen LogP contribution in [0.5, 0.6) is 5.75 Å². The number of nitrogens with one attached hydrogen (secondary N) is 1. The molecule has 1 N–H and O–H groups in total. The quantitative estimate of drug-likeness (QED) is 0.613. The number of hydrogen-bond donors (Lipinski definition) is 1. The fourth-order valence-electron chi connectivity index (χ4n) is 3.26. The van der Waals surface area contributed by atoms with Gasteiger partial charge in [0.05, 0.1) is 23.3 Å². The lowest BCUT2D eigenvalue weighted by atomic mass is 10.2. The van der Waals surface area contributed by atoms with Crippen molar-refractivity contribution in [1.82, 2.24) is 4.31 Å². The molecule has 0 saturated carbocycles. The van der Waals surface area contributed by atoms with Crippen molar-refractivity contribution in [3.8, 4) is 5.75 Å². The molecule has 1 aliphatic rings. The van der Waals surface area contributed by atoms with Gasteiger partial charge in [0.25, 0.3) is 5.91 Å².